The van der Waals surface area contributed by atoms with Gasteiger partial charge in [-0.2, -0.15) is 0 Å². The lowest BCUT2D eigenvalue weighted by Crippen LogP contribution is -2.51. The molecule has 0 radical (unpaired) electrons. The highest BCUT2D eigenvalue weighted by Crippen LogP contribution is 2.33. The third kappa shape index (κ3) is 3.80. The molecule has 1 saturated carbocycles. The van der Waals surface area contributed by atoms with Crippen molar-refractivity contribution in [2.75, 3.05) is 20.6 Å². The number of rotatable bonds is 6. The molecule has 2 rings (SSSR count). The summed E-state index contributed by atoms with van der Waals surface area (Å²) in [4.78, 5) is 2.38. The standard InChI is InChI=1S/C17H27FN2/c1-14(11-15-7-6-8-16(18)12-15)19-13-17(20(2)3)9-4-5-10-17/h6-8,12,14,19H,4-5,9-11,13H2,1-3H3. The number of halogens is 1. The Balaban J connectivity index is 1.87. The van der Waals surface area contributed by atoms with Crippen LogP contribution in [0, 0.1) is 5.82 Å². The SMILES string of the molecule is CC(Cc1cccc(F)c1)NCC1(N(C)C)CCCC1. The van der Waals surface area contributed by atoms with Gasteiger partial charge in [-0.05, 0) is 58.0 Å². The van der Waals surface area contributed by atoms with Crippen molar-refractivity contribution in [2.24, 2.45) is 0 Å². The Morgan fingerprint density at radius 2 is 2.00 bits per heavy atom. The van der Waals surface area contributed by atoms with Crippen molar-refractivity contribution in [3.05, 3.63) is 35.6 Å². The molecule has 0 heterocycles. The quantitative estimate of drug-likeness (QED) is 0.859. The van der Waals surface area contributed by atoms with E-state index in [0.29, 0.717) is 11.6 Å². The van der Waals surface area contributed by atoms with Crippen LogP contribution in [-0.2, 0) is 6.42 Å². The maximum absolute atomic E-state index is 13.2. The molecule has 0 bridgehead atoms. The van der Waals surface area contributed by atoms with E-state index in [9.17, 15) is 4.39 Å². The minimum atomic E-state index is -0.143. The third-order valence-corrected chi connectivity index (χ3v) is 4.69. The minimum Gasteiger partial charge on any atom is -0.312 e. The Hall–Kier alpha value is -0.930. The fourth-order valence-corrected chi connectivity index (χ4v) is 3.27. The molecule has 0 aliphatic heterocycles. The maximum atomic E-state index is 13.2. The Morgan fingerprint density at radius 3 is 2.60 bits per heavy atom. The van der Waals surface area contributed by atoms with E-state index in [0.717, 1.165) is 18.5 Å². The second kappa shape index (κ2) is 6.68. The lowest BCUT2D eigenvalue weighted by atomic mass is 9.95. The Kier molecular flexibility index (Phi) is 5.17. The molecule has 3 heteroatoms. The second-order valence-corrected chi connectivity index (χ2v) is 6.44. The number of nitrogens with one attached hydrogen (secondary N) is 1. The predicted octanol–water partition coefficient (Wildman–Crippen LogP) is 3.22. The summed E-state index contributed by atoms with van der Waals surface area (Å²) in [6, 6.07) is 7.29. The van der Waals surface area contributed by atoms with Gasteiger partial charge < -0.3 is 10.2 Å². The Labute approximate surface area is 122 Å². The normalized spacial score (nSPS) is 19.4. The van der Waals surface area contributed by atoms with Crippen molar-refractivity contribution < 1.29 is 4.39 Å². The molecule has 1 aliphatic rings. The topological polar surface area (TPSA) is 15.3 Å². The summed E-state index contributed by atoms with van der Waals surface area (Å²) in [5, 5.41) is 3.65. The molecule has 1 aliphatic carbocycles. The average molecular weight is 278 g/mol. The van der Waals surface area contributed by atoms with Gasteiger partial charge in [0.2, 0.25) is 0 Å². The van der Waals surface area contributed by atoms with Crippen LogP contribution in [0.2, 0.25) is 0 Å². The lowest BCUT2D eigenvalue weighted by Gasteiger charge is -2.37. The molecule has 1 aromatic carbocycles. The van der Waals surface area contributed by atoms with E-state index in [4.69, 9.17) is 0 Å². The average Bonchev–Trinajstić information content (AvgIpc) is 2.86. The molecule has 1 N–H and O–H groups in total. The third-order valence-electron chi connectivity index (χ3n) is 4.69. The molecule has 1 aromatic rings. The summed E-state index contributed by atoms with van der Waals surface area (Å²) in [6.07, 6.45) is 6.09. The lowest BCUT2D eigenvalue weighted by molar-refractivity contribution is 0.150. The molecule has 1 unspecified atom stereocenters. The van der Waals surface area contributed by atoms with Crippen molar-refractivity contribution in [3.63, 3.8) is 0 Å². The highest BCUT2D eigenvalue weighted by atomic mass is 19.1. The van der Waals surface area contributed by atoms with Crippen LogP contribution in [-0.4, -0.2) is 37.1 Å². The zero-order chi connectivity index (χ0) is 14.6. The van der Waals surface area contributed by atoms with Crippen molar-refractivity contribution in [1.29, 1.82) is 0 Å². The molecule has 0 amide bonds. The van der Waals surface area contributed by atoms with Crippen LogP contribution in [0.5, 0.6) is 0 Å². The van der Waals surface area contributed by atoms with E-state index in [1.54, 1.807) is 12.1 Å². The van der Waals surface area contributed by atoms with Crippen molar-refractivity contribution in [2.45, 2.75) is 50.6 Å². The predicted molar refractivity (Wildman–Crippen MR) is 82.5 cm³/mol. The van der Waals surface area contributed by atoms with Crippen LogP contribution < -0.4 is 5.32 Å². The van der Waals surface area contributed by atoms with E-state index in [1.165, 1.54) is 31.7 Å². The fourth-order valence-electron chi connectivity index (χ4n) is 3.27. The van der Waals surface area contributed by atoms with Gasteiger partial charge >= 0.3 is 0 Å². The molecule has 112 valence electrons. The molecule has 2 nitrogen and oxygen atoms in total. The summed E-state index contributed by atoms with van der Waals surface area (Å²) >= 11 is 0. The van der Waals surface area contributed by atoms with E-state index in [1.807, 2.05) is 6.07 Å². The van der Waals surface area contributed by atoms with Crippen LogP contribution >= 0.6 is 0 Å². The molecule has 0 aromatic heterocycles. The summed E-state index contributed by atoms with van der Waals surface area (Å²) in [5.41, 5.74) is 1.38. The molecular formula is C17H27FN2. The highest BCUT2D eigenvalue weighted by Gasteiger charge is 2.35. The number of likely N-dealkylation sites (N-methyl/N-ethyl adjacent to an activating group) is 1. The number of hydrogen-bond donors (Lipinski definition) is 1. The first kappa shape index (κ1) is 15.5. The van der Waals surface area contributed by atoms with E-state index in [-0.39, 0.29) is 5.82 Å². The van der Waals surface area contributed by atoms with Gasteiger partial charge in [-0.1, -0.05) is 25.0 Å². The summed E-state index contributed by atoms with van der Waals surface area (Å²) in [6.45, 7) is 3.21. The van der Waals surface area contributed by atoms with Gasteiger partial charge in [-0.3, -0.25) is 0 Å². The van der Waals surface area contributed by atoms with Crippen LogP contribution in [0.25, 0.3) is 0 Å². The molecule has 0 spiro atoms. The van der Waals surface area contributed by atoms with Gasteiger partial charge in [0.1, 0.15) is 5.82 Å². The Morgan fingerprint density at radius 1 is 1.30 bits per heavy atom. The van der Waals surface area contributed by atoms with E-state index in [2.05, 4.69) is 31.2 Å². The van der Waals surface area contributed by atoms with E-state index >= 15 is 0 Å². The van der Waals surface area contributed by atoms with Crippen LogP contribution in [0.3, 0.4) is 0 Å². The molecule has 1 fully saturated rings. The van der Waals surface area contributed by atoms with Gasteiger partial charge in [0.15, 0.2) is 0 Å². The molecule has 1 atom stereocenters. The molecule has 20 heavy (non-hydrogen) atoms. The number of benzene rings is 1. The second-order valence-electron chi connectivity index (χ2n) is 6.44. The summed E-state index contributed by atoms with van der Waals surface area (Å²) < 4.78 is 13.2. The Bertz CT molecular complexity index is 425. The zero-order valence-electron chi connectivity index (χ0n) is 13.0. The zero-order valence-corrected chi connectivity index (χ0v) is 13.0. The summed E-state index contributed by atoms with van der Waals surface area (Å²) in [5.74, 6) is -0.143. The number of nitrogens with zero attached hydrogens (tertiary/aromatic N) is 1. The largest absolute Gasteiger partial charge is 0.312 e. The van der Waals surface area contributed by atoms with E-state index < -0.39 is 0 Å². The van der Waals surface area contributed by atoms with Crippen LogP contribution in [0.4, 0.5) is 4.39 Å². The maximum Gasteiger partial charge on any atom is 0.123 e. The molecular weight excluding hydrogens is 251 g/mol. The van der Waals surface area contributed by atoms with Crippen molar-refractivity contribution in [1.82, 2.24) is 10.2 Å². The smallest absolute Gasteiger partial charge is 0.123 e. The van der Waals surface area contributed by atoms with Crippen molar-refractivity contribution in [3.8, 4) is 0 Å². The van der Waals surface area contributed by atoms with Gasteiger partial charge in [0.25, 0.3) is 0 Å². The van der Waals surface area contributed by atoms with Gasteiger partial charge in [0.05, 0.1) is 0 Å². The van der Waals surface area contributed by atoms with Crippen molar-refractivity contribution >= 4 is 0 Å². The number of hydrogen-bond acceptors (Lipinski definition) is 2. The first-order valence-electron chi connectivity index (χ1n) is 7.67. The van der Waals surface area contributed by atoms with Crippen LogP contribution in [0.15, 0.2) is 24.3 Å². The van der Waals surface area contributed by atoms with Gasteiger partial charge in [0, 0.05) is 18.1 Å². The monoisotopic (exact) mass is 278 g/mol. The molecule has 0 saturated heterocycles. The van der Waals surface area contributed by atoms with Gasteiger partial charge in [-0.15, -0.1) is 0 Å². The minimum absolute atomic E-state index is 0.143. The summed E-state index contributed by atoms with van der Waals surface area (Å²) in [7, 11) is 4.37. The fraction of sp³-hybridized carbons (Fsp3) is 0.647. The highest BCUT2D eigenvalue weighted by molar-refractivity contribution is 5.17. The van der Waals surface area contributed by atoms with Crippen LogP contribution in [0.1, 0.15) is 38.2 Å². The van der Waals surface area contributed by atoms with Gasteiger partial charge in [-0.25, -0.2) is 4.39 Å². The first-order chi connectivity index (χ1) is 9.52. The first-order valence-corrected chi connectivity index (χ1v) is 7.67.